The van der Waals surface area contributed by atoms with Gasteiger partial charge in [0.05, 0.1) is 0 Å². The van der Waals surface area contributed by atoms with Gasteiger partial charge < -0.3 is 15.5 Å². The van der Waals surface area contributed by atoms with Gasteiger partial charge in [-0.25, -0.2) is 0 Å². The second-order valence-electron chi connectivity index (χ2n) is 4.74. The molecule has 3 aromatic rings. The Bertz CT molecular complexity index is 889. The molecule has 0 bridgehead atoms. The quantitative estimate of drug-likeness (QED) is 0.659. The lowest BCUT2D eigenvalue weighted by atomic mass is 10.2. The van der Waals surface area contributed by atoms with Crippen molar-refractivity contribution in [3.8, 4) is 17.1 Å². The van der Waals surface area contributed by atoms with Gasteiger partial charge in [-0.2, -0.15) is 0 Å². The molecular weight excluding hydrogens is 300 g/mol. The number of amides is 1. The molecule has 0 radical (unpaired) electrons. The molecule has 1 amide bonds. The van der Waals surface area contributed by atoms with Crippen LogP contribution < -0.4 is 5.32 Å². The highest BCUT2D eigenvalue weighted by molar-refractivity contribution is 6.03. The van der Waals surface area contributed by atoms with Crippen molar-refractivity contribution in [3.63, 3.8) is 0 Å². The Morgan fingerprint density at radius 3 is 2.57 bits per heavy atom. The maximum absolute atomic E-state index is 12.1. The predicted octanol–water partition coefficient (Wildman–Crippen LogP) is 0.916. The van der Waals surface area contributed by atoms with Crippen LogP contribution in [-0.2, 0) is 4.79 Å². The number of carboxylic acid groups (broad SMARTS) is 1. The third-order valence-electron chi connectivity index (χ3n) is 3.22. The third-order valence-corrected chi connectivity index (χ3v) is 3.22. The zero-order valence-corrected chi connectivity index (χ0v) is 11.8. The van der Waals surface area contributed by atoms with E-state index in [4.69, 9.17) is 5.11 Å². The molecule has 8 heteroatoms. The van der Waals surface area contributed by atoms with Crippen molar-refractivity contribution < 1.29 is 19.8 Å². The van der Waals surface area contributed by atoms with E-state index in [-0.39, 0.29) is 17.0 Å². The molecule has 116 valence electrons. The van der Waals surface area contributed by atoms with Crippen LogP contribution in [0.25, 0.3) is 17.0 Å². The van der Waals surface area contributed by atoms with E-state index < -0.39 is 18.4 Å². The number of carbonyl (C=O) groups excluding carboxylic acids is 1. The Kier molecular flexibility index (Phi) is 3.63. The number of fused-ring (bicyclic) bond motifs is 1. The average molecular weight is 312 g/mol. The number of aliphatic carboxylic acids is 1. The molecule has 0 spiro atoms. The molecule has 23 heavy (non-hydrogen) atoms. The maximum atomic E-state index is 12.1. The molecule has 3 N–H and O–H groups in total. The number of aromatic hydroxyl groups is 1. The van der Waals surface area contributed by atoms with Crippen LogP contribution in [0.3, 0.4) is 0 Å². The summed E-state index contributed by atoms with van der Waals surface area (Å²) in [5, 5.41) is 28.8. The molecule has 3 rings (SSSR count). The van der Waals surface area contributed by atoms with E-state index in [0.717, 1.165) is 5.56 Å². The van der Waals surface area contributed by atoms with Gasteiger partial charge in [0.25, 0.3) is 5.91 Å². The summed E-state index contributed by atoms with van der Waals surface area (Å²) in [6, 6.07) is 10.6. The van der Waals surface area contributed by atoms with Crippen LogP contribution in [-0.4, -0.2) is 43.2 Å². The first-order valence-electron chi connectivity index (χ1n) is 6.70. The molecule has 0 unspecified atom stereocenters. The second kappa shape index (κ2) is 5.76. The lowest BCUT2D eigenvalue weighted by Gasteiger charge is -2.07. The summed E-state index contributed by atoms with van der Waals surface area (Å²) in [6.45, 7) is -0.557. The summed E-state index contributed by atoms with van der Waals surface area (Å²) >= 11 is 0. The van der Waals surface area contributed by atoms with Gasteiger partial charge in [0.1, 0.15) is 17.9 Å². The molecule has 2 aromatic heterocycles. The van der Waals surface area contributed by atoms with Crippen LogP contribution in [0.4, 0.5) is 0 Å². The molecule has 0 aliphatic heterocycles. The fourth-order valence-electron chi connectivity index (χ4n) is 2.19. The number of pyridine rings is 1. The van der Waals surface area contributed by atoms with E-state index >= 15 is 0 Å². The van der Waals surface area contributed by atoms with Crippen LogP contribution >= 0.6 is 0 Å². The van der Waals surface area contributed by atoms with Crippen molar-refractivity contribution in [2.45, 2.75) is 0 Å². The van der Waals surface area contributed by atoms with Crippen LogP contribution in [0.15, 0.2) is 42.6 Å². The van der Waals surface area contributed by atoms with Crippen molar-refractivity contribution >= 4 is 17.5 Å². The smallest absolute Gasteiger partial charge is 0.322 e. The first-order chi connectivity index (χ1) is 11.1. The Labute approximate surface area is 130 Å². The zero-order chi connectivity index (χ0) is 16.4. The number of carboxylic acids is 1. The van der Waals surface area contributed by atoms with Crippen LogP contribution in [0.1, 0.15) is 10.4 Å². The summed E-state index contributed by atoms with van der Waals surface area (Å²) < 4.78 is 1.56. The zero-order valence-electron chi connectivity index (χ0n) is 11.8. The highest BCUT2D eigenvalue weighted by atomic mass is 16.4. The molecule has 0 fully saturated rings. The first kappa shape index (κ1) is 14.5. The van der Waals surface area contributed by atoms with Crippen LogP contribution in [0.2, 0.25) is 0 Å². The van der Waals surface area contributed by atoms with E-state index in [1.54, 1.807) is 10.6 Å². The highest BCUT2D eigenvalue weighted by Crippen LogP contribution is 2.25. The molecule has 0 aliphatic carbocycles. The average Bonchev–Trinajstić information content (AvgIpc) is 2.97. The molecule has 0 saturated heterocycles. The molecule has 0 aliphatic rings. The normalized spacial score (nSPS) is 10.6. The number of rotatable bonds is 4. The number of hydrogen-bond donors (Lipinski definition) is 3. The Morgan fingerprint density at radius 2 is 1.87 bits per heavy atom. The minimum atomic E-state index is -1.18. The summed E-state index contributed by atoms with van der Waals surface area (Å²) in [5.74, 6) is -1.71. The van der Waals surface area contributed by atoms with Crippen molar-refractivity contribution in [1.29, 1.82) is 0 Å². The highest BCUT2D eigenvalue weighted by Gasteiger charge is 2.20. The van der Waals surface area contributed by atoms with Gasteiger partial charge in [0.15, 0.2) is 11.5 Å². The molecule has 8 nitrogen and oxygen atoms in total. The van der Waals surface area contributed by atoms with E-state index in [9.17, 15) is 14.7 Å². The SMILES string of the molecule is O=C(O)CNC(=O)c1c(O)ccn2c(-c3ccccc3)nnc12. The number of carbonyl (C=O) groups is 2. The number of benzene rings is 1. The maximum Gasteiger partial charge on any atom is 0.322 e. The van der Waals surface area contributed by atoms with Gasteiger partial charge in [-0.05, 0) is 6.07 Å². The molecule has 2 heterocycles. The topological polar surface area (TPSA) is 117 Å². The molecular formula is C15H12N4O4. The molecule has 0 saturated carbocycles. The van der Waals surface area contributed by atoms with E-state index in [1.807, 2.05) is 30.3 Å². The van der Waals surface area contributed by atoms with Gasteiger partial charge in [0.2, 0.25) is 0 Å². The molecule has 1 aromatic carbocycles. The van der Waals surface area contributed by atoms with Crippen molar-refractivity contribution in [1.82, 2.24) is 19.9 Å². The Balaban J connectivity index is 2.09. The monoisotopic (exact) mass is 312 g/mol. The van der Waals surface area contributed by atoms with Crippen molar-refractivity contribution in [2.24, 2.45) is 0 Å². The minimum absolute atomic E-state index is 0.122. The second-order valence-corrected chi connectivity index (χ2v) is 4.74. The largest absolute Gasteiger partial charge is 0.507 e. The van der Waals surface area contributed by atoms with E-state index in [1.165, 1.54) is 6.07 Å². The molecule has 0 atom stereocenters. The number of nitrogens with one attached hydrogen (secondary N) is 1. The third kappa shape index (κ3) is 2.69. The fraction of sp³-hybridized carbons (Fsp3) is 0.0667. The van der Waals surface area contributed by atoms with Gasteiger partial charge in [-0.1, -0.05) is 30.3 Å². The van der Waals surface area contributed by atoms with Crippen molar-refractivity contribution in [3.05, 3.63) is 48.2 Å². The fourth-order valence-corrected chi connectivity index (χ4v) is 2.19. The van der Waals surface area contributed by atoms with E-state index in [2.05, 4.69) is 15.5 Å². The summed E-state index contributed by atoms with van der Waals surface area (Å²) in [6.07, 6.45) is 1.54. The summed E-state index contributed by atoms with van der Waals surface area (Å²) in [4.78, 5) is 22.7. The van der Waals surface area contributed by atoms with Gasteiger partial charge in [-0.15, -0.1) is 10.2 Å². The Morgan fingerprint density at radius 1 is 1.13 bits per heavy atom. The number of nitrogens with zero attached hydrogens (tertiary/aromatic N) is 3. The van der Waals surface area contributed by atoms with Gasteiger partial charge in [-0.3, -0.25) is 14.0 Å². The predicted molar refractivity (Wildman–Crippen MR) is 80.1 cm³/mol. The lowest BCUT2D eigenvalue weighted by molar-refractivity contribution is -0.135. The first-order valence-corrected chi connectivity index (χ1v) is 6.70. The standard InChI is InChI=1S/C15H12N4O4/c20-10-6-7-19-13(9-4-2-1-3-5-9)17-18-14(19)12(10)15(23)16-8-11(21)22/h1-7,20H,8H2,(H,16,23)(H,21,22). The number of aromatic nitrogens is 3. The number of hydrogen-bond acceptors (Lipinski definition) is 5. The van der Waals surface area contributed by atoms with Crippen LogP contribution in [0.5, 0.6) is 5.75 Å². The van der Waals surface area contributed by atoms with Gasteiger partial charge >= 0.3 is 5.97 Å². The van der Waals surface area contributed by atoms with Crippen LogP contribution in [0, 0.1) is 0 Å². The van der Waals surface area contributed by atoms with Crippen molar-refractivity contribution in [2.75, 3.05) is 6.54 Å². The summed E-state index contributed by atoms with van der Waals surface area (Å²) in [5.41, 5.74) is 0.817. The summed E-state index contributed by atoms with van der Waals surface area (Å²) in [7, 11) is 0. The Hall–Kier alpha value is -3.42. The van der Waals surface area contributed by atoms with Gasteiger partial charge in [0, 0.05) is 11.8 Å². The van der Waals surface area contributed by atoms with E-state index in [0.29, 0.717) is 5.82 Å². The minimum Gasteiger partial charge on any atom is -0.507 e. The lowest BCUT2D eigenvalue weighted by Crippen LogP contribution is -2.29.